The predicted octanol–water partition coefficient (Wildman–Crippen LogP) is 4.77. The van der Waals surface area contributed by atoms with Gasteiger partial charge in [0.2, 0.25) is 11.8 Å². The highest BCUT2D eigenvalue weighted by atomic mass is 35.5. The van der Waals surface area contributed by atoms with Gasteiger partial charge in [-0.05, 0) is 43.2 Å². The SMILES string of the molecule is CCNC(=O)[C@H](CC)N(Cc1ccccc1)C(=O)CCSc1ccc(Cl)cc1. The maximum atomic E-state index is 13.0. The third kappa shape index (κ3) is 6.88. The Morgan fingerprint density at radius 2 is 1.75 bits per heavy atom. The third-order valence-corrected chi connectivity index (χ3v) is 5.60. The van der Waals surface area contributed by atoms with Gasteiger partial charge in [-0.25, -0.2) is 0 Å². The highest BCUT2D eigenvalue weighted by Crippen LogP contribution is 2.22. The van der Waals surface area contributed by atoms with Crippen LogP contribution in [0.25, 0.3) is 0 Å². The Bertz CT molecular complexity index is 753. The molecule has 0 aliphatic carbocycles. The van der Waals surface area contributed by atoms with E-state index in [0.29, 0.717) is 36.7 Å². The molecule has 2 aromatic carbocycles. The van der Waals surface area contributed by atoms with Crippen molar-refractivity contribution < 1.29 is 9.59 Å². The summed E-state index contributed by atoms with van der Waals surface area (Å²) in [5.74, 6) is 0.542. The molecule has 0 unspecified atom stereocenters. The molecule has 1 N–H and O–H groups in total. The second kappa shape index (κ2) is 11.8. The second-order valence-corrected chi connectivity index (χ2v) is 7.98. The number of nitrogens with zero attached hydrogens (tertiary/aromatic N) is 1. The summed E-state index contributed by atoms with van der Waals surface area (Å²) in [6.07, 6.45) is 0.949. The number of thioether (sulfide) groups is 1. The van der Waals surface area contributed by atoms with Crippen molar-refractivity contribution in [2.45, 2.75) is 44.2 Å². The summed E-state index contributed by atoms with van der Waals surface area (Å²) in [5.41, 5.74) is 1.02. The Hall–Kier alpha value is -1.98. The fourth-order valence-electron chi connectivity index (χ4n) is 2.92. The molecule has 0 saturated heterocycles. The van der Waals surface area contributed by atoms with Gasteiger partial charge in [-0.3, -0.25) is 9.59 Å². The first-order valence-corrected chi connectivity index (χ1v) is 10.9. The van der Waals surface area contributed by atoms with Gasteiger partial charge in [0, 0.05) is 35.2 Å². The molecule has 4 nitrogen and oxygen atoms in total. The number of likely N-dealkylation sites (N-methyl/N-ethyl adjacent to an activating group) is 1. The molecule has 0 spiro atoms. The van der Waals surface area contributed by atoms with Crippen LogP contribution in [0.3, 0.4) is 0 Å². The molecular weight excluding hydrogens is 392 g/mol. The molecule has 2 amide bonds. The van der Waals surface area contributed by atoms with Gasteiger partial charge in [0.15, 0.2) is 0 Å². The van der Waals surface area contributed by atoms with Gasteiger partial charge in [0.05, 0.1) is 0 Å². The Balaban J connectivity index is 2.06. The molecule has 0 fully saturated rings. The van der Waals surface area contributed by atoms with Crippen LogP contribution in [0.1, 0.15) is 32.3 Å². The zero-order chi connectivity index (χ0) is 20.4. The van der Waals surface area contributed by atoms with Crippen LogP contribution < -0.4 is 5.32 Å². The first-order chi connectivity index (χ1) is 13.5. The molecule has 6 heteroatoms. The highest BCUT2D eigenvalue weighted by Gasteiger charge is 2.27. The minimum atomic E-state index is -0.465. The molecule has 28 heavy (non-hydrogen) atoms. The number of hydrogen-bond acceptors (Lipinski definition) is 3. The zero-order valence-electron chi connectivity index (χ0n) is 16.4. The molecule has 0 heterocycles. The van der Waals surface area contributed by atoms with Crippen LogP contribution >= 0.6 is 23.4 Å². The van der Waals surface area contributed by atoms with E-state index in [1.54, 1.807) is 16.7 Å². The van der Waals surface area contributed by atoms with Crippen molar-refractivity contribution in [3.05, 3.63) is 65.2 Å². The lowest BCUT2D eigenvalue weighted by Gasteiger charge is -2.30. The van der Waals surface area contributed by atoms with E-state index in [0.717, 1.165) is 10.5 Å². The topological polar surface area (TPSA) is 49.4 Å². The van der Waals surface area contributed by atoms with Gasteiger partial charge in [-0.2, -0.15) is 0 Å². The average Bonchev–Trinajstić information content (AvgIpc) is 2.70. The van der Waals surface area contributed by atoms with E-state index < -0.39 is 6.04 Å². The summed E-state index contributed by atoms with van der Waals surface area (Å²) in [5, 5.41) is 3.55. The number of carbonyl (C=O) groups excluding carboxylic acids is 2. The summed E-state index contributed by atoms with van der Waals surface area (Å²) in [7, 11) is 0. The second-order valence-electron chi connectivity index (χ2n) is 6.38. The first-order valence-electron chi connectivity index (χ1n) is 9.54. The van der Waals surface area contributed by atoms with Crippen molar-refractivity contribution in [1.82, 2.24) is 10.2 Å². The molecule has 1 atom stereocenters. The maximum Gasteiger partial charge on any atom is 0.242 e. The van der Waals surface area contributed by atoms with E-state index >= 15 is 0 Å². The highest BCUT2D eigenvalue weighted by molar-refractivity contribution is 7.99. The quantitative estimate of drug-likeness (QED) is 0.565. The molecule has 2 aromatic rings. The molecule has 0 aromatic heterocycles. The summed E-state index contributed by atoms with van der Waals surface area (Å²) in [6, 6.07) is 16.9. The van der Waals surface area contributed by atoms with Gasteiger partial charge >= 0.3 is 0 Å². The van der Waals surface area contributed by atoms with Crippen LogP contribution in [0.2, 0.25) is 5.02 Å². The van der Waals surface area contributed by atoms with Crippen LogP contribution in [0.15, 0.2) is 59.5 Å². The van der Waals surface area contributed by atoms with Crippen molar-refractivity contribution in [3.63, 3.8) is 0 Å². The van der Waals surface area contributed by atoms with E-state index in [-0.39, 0.29) is 11.8 Å². The smallest absolute Gasteiger partial charge is 0.242 e. The molecule has 0 radical (unpaired) electrons. The molecule has 0 aliphatic heterocycles. The van der Waals surface area contributed by atoms with E-state index in [1.165, 1.54) is 0 Å². The number of benzene rings is 2. The van der Waals surface area contributed by atoms with Crippen molar-refractivity contribution >= 4 is 35.2 Å². The maximum absolute atomic E-state index is 13.0. The number of halogens is 1. The van der Waals surface area contributed by atoms with E-state index in [1.807, 2.05) is 68.4 Å². The van der Waals surface area contributed by atoms with Gasteiger partial charge in [0.1, 0.15) is 6.04 Å². The van der Waals surface area contributed by atoms with Crippen LogP contribution in [-0.4, -0.2) is 35.1 Å². The van der Waals surface area contributed by atoms with Crippen LogP contribution in [0.4, 0.5) is 0 Å². The van der Waals surface area contributed by atoms with Gasteiger partial charge < -0.3 is 10.2 Å². The number of hydrogen-bond donors (Lipinski definition) is 1. The summed E-state index contributed by atoms with van der Waals surface area (Å²) in [4.78, 5) is 28.3. The van der Waals surface area contributed by atoms with Gasteiger partial charge in [-0.15, -0.1) is 11.8 Å². The van der Waals surface area contributed by atoms with E-state index in [9.17, 15) is 9.59 Å². The molecule has 0 saturated carbocycles. The number of carbonyl (C=O) groups is 2. The summed E-state index contributed by atoms with van der Waals surface area (Å²) in [6.45, 7) is 4.81. The Kier molecular flexibility index (Phi) is 9.38. The first kappa shape index (κ1) is 22.3. The summed E-state index contributed by atoms with van der Waals surface area (Å²) >= 11 is 7.53. The normalized spacial score (nSPS) is 11.7. The van der Waals surface area contributed by atoms with Crippen LogP contribution in [0, 0.1) is 0 Å². The van der Waals surface area contributed by atoms with Gasteiger partial charge in [0.25, 0.3) is 0 Å². The molecule has 2 rings (SSSR count). The minimum Gasteiger partial charge on any atom is -0.355 e. The third-order valence-electron chi connectivity index (χ3n) is 4.33. The zero-order valence-corrected chi connectivity index (χ0v) is 17.9. The number of rotatable bonds is 10. The monoisotopic (exact) mass is 418 g/mol. The van der Waals surface area contributed by atoms with E-state index in [4.69, 9.17) is 11.6 Å². The summed E-state index contributed by atoms with van der Waals surface area (Å²) < 4.78 is 0. The van der Waals surface area contributed by atoms with Crippen molar-refractivity contribution in [2.75, 3.05) is 12.3 Å². The lowest BCUT2D eigenvalue weighted by Crippen LogP contribution is -2.49. The molecule has 0 aliphatic rings. The minimum absolute atomic E-state index is 0.0107. The van der Waals surface area contributed by atoms with Crippen molar-refractivity contribution in [2.24, 2.45) is 0 Å². The van der Waals surface area contributed by atoms with Gasteiger partial charge in [-0.1, -0.05) is 48.9 Å². The van der Waals surface area contributed by atoms with Crippen LogP contribution in [0.5, 0.6) is 0 Å². The standard InChI is InChI=1S/C22H27ClN2O2S/c1-3-20(22(27)24-4-2)25(16-17-8-6-5-7-9-17)21(26)14-15-28-19-12-10-18(23)11-13-19/h5-13,20H,3-4,14-16H2,1-2H3,(H,24,27)/t20-/m0/s1. The van der Waals surface area contributed by atoms with Crippen molar-refractivity contribution in [3.8, 4) is 0 Å². The lowest BCUT2D eigenvalue weighted by atomic mass is 10.1. The predicted molar refractivity (Wildman–Crippen MR) is 117 cm³/mol. The Morgan fingerprint density at radius 1 is 1.07 bits per heavy atom. The fourth-order valence-corrected chi connectivity index (χ4v) is 3.89. The average molecular weight is 419 g/mol. The Labute approximate surface area is 176 Å². The number of nitrogens with one attached hydrogen (secondary N) is 1. The molecular formula is C22H27ClN2O2S. The van der Waals surface area contributed by atoms with E-state index in [2.05, 4.69) is 5.32 Å². The molecule has 150 valence electrons. The van der Waals surface area contributed by atoms with Crippen molar-refractivity contribution in [1.29, 1.82) is 0 Å². The number of amides is 2. The van der Waals surface area contributed by atoms with Crippen LogP contribution in [-0.2, 0) is 16.1 Å². The largest absolute Gasteiger partial charge is 0.355 e. The lowest BCUT2D eigenvalue weighted by molar-refractivity contribution is -0.141. The fraction of sp³-hybridized carbons (Fsp3) is 0.364. The Morgan fingerprint density at radius 3 is 2.36 bits per heavy atom. The molecule has 0 bridgehead atoms.